The summed E-state index contributed by atoms with van der Waals surface area (Å²) in [6.45, 7) is 4.65. The minimum absolute atomic E-state index is 0. The first kappa shape index (κ1) is 32.1. The molecule has 0 amide bonds. The second-order valence-corrected chi connectivity index (χ2v) is 9.39. The molecular weight excluding hydrogens is 455 g/mol. The largest absolute Gasteiger partial charge is 1.00 e. The maximum atomic E-state index is 12.3. The Morgan fingerprint density at radius 1 is 0.697 bits per heavy atom. The van der Waals surface area contributed by atoms with Gasteiger partial charge in [-0.05, 0) is 31.0 Å². The Morgan fingerprint density at radius 2 is 1.06 bits per heavy atom. The normalized spacial score (nSPS) is 11.0. The molecule has 0 unspecified atom stereocenters. The van der Waals surface area contributed by atoms with Crippen molar-refractivity contribution in [3.63, 3.8) is 0 Å². The number of benzene rings is 1. The fourth-order valence-corrected chi connectivity index (χ4v) is 3.78. The Kier molecular flexibility index (Phi) is 17.9. The van der Waals surface area contributed by atoms with Crippen molar-refractivity contribution in [3.8, 4) is 0 Å². The standard InChI is InChI=1S/C24H38O7S.Na/c1-3-5-7-9-11-13-15-30-23(25)20-17-21(19-22(18-20)32(27,28)29)24(26)31-16-14-12-10-8-6-4-2;/h17-19H,3-16H2,1-2H3,(H,27,28,29);/q;+1/p-1. The zero-order valence-electron chi connectivity index (χ0n) is 20.4. The molecule has 0 aromatic heterocycles. The van der Waals surface area contributed by atoms with Crippen molar-refractivity contribution in [1.82, 2.24) is 0 Å². The van der Waals surface area contributed by atoms with E-state index in [1.165, 1.54) is 18.9 Å². The summed E-state index contributed by atoms with van der Waals surface area (Å²) in [4.78, 5) is 24.0. The summed E-state index contributed by atoms with van der Waals surface area (Å²) >= 11 is 0. The molecule has 1 rings (SSSR count). The molecule has 0 fully saturated rings. The molecule has 1 aromatic rings. The molecule has 1 aromatic carbocycles. The van der Waals surface area contributed by atoms with E-state index in [0.29, 0.717) is 12.8 Å². The SMILES string of the molecule is CCCCCCCCOC(=O)c1cc(C(=O)OCCCCCCCC)cc(S(=O)(=O)[O-])c1.[Na+]. The van der Waals surface area contributed by atoms with Crippen molar-refractivity contribution in [3.05, 3.63) is 29.3 Å². The summed E-state index contributed by atoms with van der Waals surface area (Å²) in [7, 11) is -4.86. The van der Waals surface area contributed by atoms with E-state index in [2.05, 4.69) is 13.8 Å². The second kappa shape index (κ2) is 18.4. The predicted molar refractivity (Wildman–Crippen MR) is 122 cm³/mol. The van der Waals surface area contributed by atoms with Gasteiger partial charge in [-0.2, -0.15) is 0 Å². The van der Waals surface area contributed by atoms with Crippen molar-refractivity contribution < 1.29 is 61.6 Å². The van der Waals surface area contributed by atoms with Crippen LogP contribution in [0.1, 0.15) is 112 Å². The molecule has 0 saturated carbocycles. The van der Waals surface area contributed by atoms with Crippen LogP contribution >= 0.6 is 0 Å². The molecule has 33 heavy (non-hydrogen) atoms. The maximum absolute atomic E-state index is 12.3. The number of ether oxygens (including phenoxy) is 2. The molecule has 182 valence electrons. The Balaban J connectivity index is 0.0000102. The smallest absolute Gasteiger partial charge is 0.744 e. The van der Waals surface area contributed by atoms with Crippen LogP contribution in [0.4, 0.5) is 0 Å². The van der Waals surface area contributed by atoms with E-state index < -0.39 is 27.0 Å². The topological polar surface area (TPSA) is 110 Å². The summed E-state index contributed by atoms with van der Waals surface area (Å²) in [5.74, 6) is -1.54. The molecule has 0 atom stereocenters. The van der Waals surface area contributed by atoms with Gasteiger partial charge in [-0.25, -0.2) is 18.0 Å². The van der Waals surface area contributed by atoms with Crippen molar-refractivity contribution in [2.24, 2.45) is 0 Å². The number of rotatable bonds is 17. The number of unbranched alkanes of at least 4 members (excludes halogenated alkanes) is 10. The van der Waals surface area contributed by atoms with E-state index in [1.54, 1.807) is 0 Å². The zero-order chi connectivity index (χ0) is 23.8. The van der Waals surface area contributed by atoms with Crippen molar-refractivity contribution in [1.29, 1.82) is 0 Å². The van der Waals surface area contributed by atoms with E-state index in [1.807, 2.05) is 0 Å². The van der Waals surface area contributed by atoms with Gasteiger partial charge in [0.2, 0.25) is 0 Å². The average Bonchev–Trinajstić information content (AvgIpc) is 2.76. The van der Waals surface area contributed by atoms with Gasteiger partial charge < -0.3 is 14.0 Å². The second-order valence-electron chi connectivity index (χ2n) is 8.01. The number of hydrogen-bond acceptors (Lipinski definition) is 7. The van der Waals surface area contributed by atoms with Crippen molar-refractivity contribution in [2.45, 2.75) is 95.8 Å². The van der Waals surface area contributed by atoms with E-state index >= 15 is 0 Å². The molecule has 0 N–H and O–H groups in total. The average molecular weight is 493 g/mol. The van der Waals surface area contributed by atoms with Gasteiger partial charge in [-0.3, -0.25) is 0 Å². The van der Waals surface area contributed by atoms with E-state index in [4.69, 9.17) is 9.47 Å². The monoisotopic (exact) mass is 492 g/mol. The van der Waals surface area contributed by atoms with Crippen LogP contribution in [-0.4, -0.2) is 38.1 Å². The first-order valence-corrected chi connectivity index (χ1v) is 13.2. The van der Waals surface area contributed by atoms with Gasteiger partial charge in [0.25, 0.3) is 0 Å². The molecule has 0 spiro atoms. The fraction of sp³-hybridized carbons (Fsp3) is 0.667. The van der Waals surface area contributed by atoms with Crippen LogP contribution < -0.4 is 29.6 Å². The van der Waals surface area contributed by atoms with Gasteiger partial charge in [-0.15, -0.1) is 0 Å². The molecule has 0 bridgehead atoms. The molecule has 0 aliphatic heterocycles. The van der Waals surface area contributed by atoms with E-state index in [9.17, 15) is 22.6 Å². The molecule has 7 nitrogen and oxygen atoms in total. The molecule has 0 heterocycles. The molecule has 0 saturated heterocycles. The Labute approximate surface area is 221 Å². The Bertz CT molecular complexity index is 761. The van der Waals surface area contributed by atoms with Crippen LogP contribution in [0.25, 0.3) is 0 Å². The van der Waals surface area contributed by atoms with Gasteiger partial charge in [0.1, 0.15) is 10.1 Å². The van der Waals surface area contributed by atoms with Gasteiger partial charge in [0, 0.05) is 0 Å². The third-order valence-electron chi connectivity index (χ3n) is 5.13. The Morgan fingerprint density at radius 3 is 1.42 bits per heavy atom. The van der Waals surface area contributed by atoms with Crippen LogP contribution in [0.15, 0.2) is 23.1 Å². The van der Waals surface area contributed by atoms with Crippen LogP contribution in [-0.2, 0) is 19.6 Å². The summed E-state index contributed by atoms with van der Waals surface area (Å²) < 4.78 is 44.9. The number of hydrogen-bond donors (Lipinski definition) is 0. The first-order valence-electron chi connectivity index (χ1n) is 11.7. The van der Waals surface area contributed by atoms with Crippen LogP contribution in [0.3, 0.4) is 0 Å². The Hall–Kier alpha value is -0.930. The van der Waals surface area contributed by atoms with E-state index in [-0.39, 0.29) is 53.9 Å². The summed E-state index contributed by atoms with van der Waals surface area (Å²) in [6, 6.07) is 3.09. The summed E-state index contributed by atoms with van der Waals surface area (Å²) in [6.07, 6.45) is 12.3. The molecule has 0 aliphatic carbocycles. The van der Waals surface area contributed by atoms with Gasteiger partial charge >= 0.3 is 41.5 Å². The maximum Gasteiger partial charge on any atom is 1.00 e. The van der Waals surface area contributed by atoms with Crippen molar-refractivity contribution >= 4 is 22.1 Å². The first-order chi connectivity index (χ1) is 15.3. The summed E-state index contributed by atoms with van der Waals surface area (Å²) in [5.41, 5.74) is -0.307. The number of carbonyl (C=O) groups excluding carboxylic acids is 2. The third kappa shape index (κ3) is 14.2. The van der Waals surface area contributed by atoms with Crippen molar-refractivity contribution in [2.75, 3.05) is 13.2 Å². The quantitative estimate of drug-likeness (QED) is 0.142. The molecule has 0 radical (unpaired) electrons. The van der Waals surface area contributed by atoms with Gasteiger partial charge in [0.15, 0.2) is 0 Å². The molecule has 9 heteroatoms. The van der Waals surface area contributed by atoms with Crippen LogP contribution in [0.2, 0.25) is 0 Å². The number of esters is 2. The predicted octanol–water partition coefficient (Wildman–Crippen LogP) is 2.63. The van der Waals surface area contributed by atoms with Gasteiger partial charge in [0.05, 0.1) is 29.2 Å². The minimum atomic E-state index is -4.86. The van der Waals surface area contributed by atoms with Gasteiger partial charge in [-0.1, -0.05) is 78.1 Å². The molecule has 0 aliphatic rings. The van der Waals surface area contributed by atoms with Crippen LogP contribution in [0, 0.1) is 0 Å². The summed E-state index contributed by atoms with van der Waals surface area (Å²) in [5, 5.41) is 0. The minimum Gasteiger partial charge on any atom is -0.744 e. The van der Waals surface area contributed by atoms with E-state index in [0.717, 1.165) is 63.5 Å². The van der Waals surface area contributed by atoms with Crippen LogP contribution in [0.5, 0.6) is 0 Å². The molecular formula is C24H37NaO7S. The number of carbonyl (C=O) groups is 2. The fourth-order valence-electron chi connectivity index (χ4n) is 3.24. The third-order valence-corrected chi connectivity index (χ3v) is 5.94. The zero-order valence-corrected chi connectivity index (χ0v) is 23.2.